The minimum absolute atomic E-state index is 0.0901. The lowest BCUT2D eigenvalue weighted by atomic mass is 9.73. The average Bonchev–Trinajstić information content (AvgIpc) is 2.81. The number of imide groups is 1. The third-order valence-corrected chi connectivity index (χ3v) is 5.37. The molecule has 1 aliphatic carbocycles. The Bertz CT molecular complexity index is 703. The second-order valence-corrected chi connectivity index (χ2v) is 7.17. The van der Waals surface area contributed by atoms with E-state index in [-0.39, 0.29) is 30.3 Å². The average molecular weight is 343 g/mol. The number of urea groups is 1. The first-order valence-electron chi connectivity index (χ1n) is 8.89. The number of benzene rings is 1. The summed E-state index contributed by atoms with van der Waals surface area (Å²) in [4.78, 5) is 37.8. The van der Waals surface area contributed by atoms with E-state index in [2.05, 4.69) is 17.6 Å². The fourth-order valence-electron chi connectivity index (χ4n) is 3.89. The molecule has 0 aromatic heterocycles. The molecule has 1 aromatic rings. The van der Waals surface area contributed by atoms with E-state index in [4.69, 9.17) is 0 Å². The molecule has 0 unspecified atom stereocenters. The summed E-state index contributed by atoms with van der Waals surface area (Å²) in [6.45, 7) is 4.22. The van der Waals surface area contributed by atoms with Crippen molar-refractivity contribution in [2.45, 2.75) is 58.2 Å². The molecule has 3 rings (SSSR count). The number of hydrogen-bond donors (Lipinski definition) is 2. The molecule has 1 saturated heterocycles. The number of nitrogens with zero attached hydrogens (tertiary/aromatic N) is 1. The highest BCUT2D eigenvalue weighted by Crippen LogP contribution is 2.38. The minimum atomic E-state index is -0.719. The molecule has 1 spiro atoms. The summed E-state index contributed by atoms with van der Waals surface area (Å²) >= 11 is 0. The summed E-state index contributed by atoms with van der Waals surface area (Å²) in [5, 5.41) is 5.73. The summed E-state index contributed by atoms with van der Waals surface area (Å²) in [5.74, 6) is -0.0292. The van der Waals surface area contributed by atoms with E-state index < -0.39 is 5.54 Å². The maximum absolute atomic E-state index is 13.0. The maximum Gasteiger partial charge on any atom is 0.325 e. The van der Waals surface area contributed by atoms with Gasteiger partial charge in [0.1, 0.15) is 5.54 Å². The maximum atomic E-state index is 13.0. The van der Waals surface area contributed by atoms with E-state index >= 15 is 0 Å². The number of carbonyl (C=O) groups excluding carboxylic acids is 3. The van der Waals surface area contributed by atoms with E-state index in [9.17, 15) is 14.4 Å². The van der Waals surface area contributed by atoms with Gasteiger partial charge >= 0.3 is 6.03 Å². The summed E-state index contributed by atoms with van der Waals surface area (Å²) in [7, 11) is 0. The predicted molar refractivity (Wildman–Crippen MR) is 93.4 cm³/mol. The number of rotatable bonds is 4. The number of nitrogens with one attached hydrogen (secondary N) is 2. The molecule has 6 heteroatoms. The third-order valence-electron chi connectivity index (χ3n) is 5.37. The highest BCUT2D eigenvalue weighted by Gasteiger charge is 2.54. The molecular weight excluding hydrogens is 318 g/mol. The van der Waals surface area contributed by atoms with Crippen LogP contribution in [0, 0.1) is 5.92 Å². The van der Waals surface area contributed by atoms with Gasteiger partial charge in [0.15, 0.2) is 0 Å². The van der Waals surface area contributed by atoms with Crippen LogP contribution in [0.5, 0.6) is 0 Å². The molecule has 0 bridgehead atoms. The lowest BCUT2D eigenvalue weighted by Gasteiger charge is -2.36. The first kappa shape index (κ1) is 17.5. The van der Waals surface area contributed by atoms with Crippen LogP contribution in [0.2, 0.25) is 0 Å². The summed E-state index contributed by atoms with van der Waals surface area (Å²) < 4.78 is 0. The first-order valence-corrected chi connectivity index (χ1v) is 8.89. The standard InChI is InChI=1S/C19H25N3O3/c1-13-6-3-4-9-19(13)17(24)22(18(25)21-19)12-16-8-5-7-15(10-16)11-20-14(2)23/h5,7-8,10,13H,3-4,6,9,11-12H2,1-2H3,(H,20,23)(H,21,25)/t13-,19+/m1/s1. The van der Waals surface area contributed by atoms with Gasteiger partial charge in [0.25, 0.3) is 5.91 Å². The monoisotopic (exact) mass is 343 g/mol. The van der Waals surface area contributed by atoms with E-state index in [0.29, 0.717) is 6.54 Å². The number of amides is 4. The van der Waals surface area contributed by atoms with Gasteiger partial charge in [-0.1, -0.05) is 44.0 Å². The van der Waals surface area contributed by atoms with E-state index in [0.717, 1.165) is 36.8 Å². The topological polar surface area (TPSA) is 78.5 Å². The van der Waals surface area contributed by atoms with Crippen LogP contribution in [-0.4, -0.2) is 28.3 Å². The molecule has 6 nitrogen and oxygen atoms in total. The molecule has 1 heterocycles. The van der Waals surface area contributed by atoms with Crippen molar-refractivity contribution in [3.8, 4) is 0 Å². The van der Waals surface area contributed by atoms with Gasteiger partial charge in [0.2, 0.25) is 5.91 Å². The van der Waals surface area contributed by atoms with E-state index in [1.165, 1.54) is 11.8 Å². The number of hydrogen-bond acceptors (Lipinski definition) is 3. The lowest BCUT2D eigenvalue weighted by Crippen LogP contribution is -2.53. The van der Waals surface area contributed by atoms with Crippen molar-refractivity contribution < 1.29 is 14.4 Å². The third kappa shape index (κ3) is 3.38. The van der Waals surface area contributed by atoms with Crippen molar-refractivity contribution in [2.24, 2.45) is 5.92 Å². The molecule has 134 valence electrons. The van der Waals surface area contributed by atoms with Crippen LogP contribution in [-0.2, 0) is 22.7 Å². The van der Waals surface area contributed by atoms with Gasteiger partial charge in [-0.05, 0) is 29.9 Å². The Morgan fingerprint density at radius 2 is 2.08 bits per heavy atom. The highest BCUT2D eigenvalue weighted by molar-refractivity contribution is 6.07. The van der Waals surface area contributed by atoms with Gasteiger partial charge in [-0.15, -0.1) is 0 Å². The second kappa shape index (κ2) is 6.86. The Morgan fingerprint density at radius 3 is 2.80 bits per heavy atom. The van der Waals surface area contributed by atoms with E-state index in [1.54, 1.807) is 0 Å². The van der Waals surface area contributed by atoms with Crippen molar-refractivity contribution in [3.63, 3.8) is 0 Å². The van der Waals surface area contributed by atoms with Crippen LogP contribution < -0.4 is 10.6 Å². The molecule has 2 atom stereocenters. The molecule has 2 aliphatic rings. The van der Waals surface area contributed by atoms with Crippen LogP contribution in [0.1, 0.15) is 50.7 Å². The Hall–Kier alpha value is -2.37. The second-order valence-electron chi connectivity index (χ2n) is 7.17. The van der Waals surface area contributed by atoms with Crippen LogP contribution in [0.25, 0.3) is 0 Å². The molecule has 1 saturated carbocycles. The largest absolute Gasteiger partial charge is 0.352 e. The smallest absolute Gasteiger partial charge is 0.325 e. The summed E-state index contributed by atoms with van der Waals surface area (Å²) in [5.41, 5.74) is 1.11. The van der Waals surface area contributed by atoms with Crippen molar-refractivity contribution in [1.82, 2.24) is 15.5 Å². The molecule has 1 aromatic carbocycles. The van der Waals surface area contributed by atoms with Gasteiger partial charge in [-0.25, -0.2) is 4.79 Å². The van der Waals surface area contributed by atoms with Gasteiger partial charge in [0, 0.05) is 13.5 Å². The minimum Gasteiger partial charge on any atom is -0.352 e. The van der Waals surface area contributed by atoms with Gasteiger partial charge in [-0.3, -0.25) is 14.5 Å². The van der Waals surface area contributed by atoms with E-state index in [1.807, 2.05) is 24.3 Å². The van der Waals surface area contributed by atoms with Gasteiger partial charge in [0.05, 0.1) is 6.54 Å². The molecule has 25 heavy (non-hydrogen) atoms. The molecule has 0 radical (unpaired) electrons. The van der Waals surface area contributed by atoms with Crippen molar-refractivity contribution in [3.05, 3.63) is 35.4 Å². The Kier molecular flexibility index (Phi) is 4.79. The fourth-order valence-corrected chi connectivity index (χ4v) is 3.89. The summed E-state index contributed by atoms with van der Waals surface area (Å²) in [6, 6.07) is 7.31. The fraction of sp³-hybridized carbons (Fsp3) is 0.526. The van der Waals surface area contributed by atoms with Crippen LogP contribution in [0.4, 0.5) is 4.79 Å². The summed E-state index contributed by atoms with van der Waals surface area (Å²) in [6.07, 6.45) is 3.76. The molecular formula is C19H25N3O3. The van der Waals surface area contributed by atoms with Crippen molar-refractivity contribution in [1.29, 1.82) is 0 Å². The zero-order valence-corrected chi connectivity index (χ0v) is 14.8. The molecule has 4 amide bonds. The Labute approximate surface area is 148 Å². The number of carbonyl (C=O) groups is 3. The van der Waals surface area contributed by atoms with Crippen LogP contribution in [0.3, 0.4) is 0 Å². The molecule has 2 fully saturated rings. The van der Waals surface area contributed by atoms with Crippen molar-refractivity contribution >= 4 is 17.8 Å². The Morgan fingerprint density at radius 1 is 1.32 bits per heavy atom. The predicted octanol–water partition coefficient (Wildman–Crippen LogP) is 2.32. The zero-order valence-electron chi connectivity index (χ0n) is 14.8. The van der Waals surface area contributed by atoms with Crippen molar-refractivity contribution in [2.75, 3.05) is 0 Å². The van der Waals surface area contributed by atoms with Crippen LogP contribution >= 0.6 is 0 Å². The molecule has 2 N–H and O–H groups in total. The first-order chi connectivity index (χ1) is 11.9. The van der Waals surface area contributed by atoms with Gasteiger partial charge in [-0.2, -0.15) is 0 Å². The zero-order chi connectivity index (χ0) is 18.0. The normalized spacial score (nSPS) is 26.0. The quantitative estimate of drug-likeness (QED) is 0.824. The lowest BCUT2D eigenvalue weighted by molar-refractivity contribution is -0.134. The van der Waals surface area contributed by atoms with Crippen LogP contribution in [0.15, 0.2) is 24.3 Å². The Balaban J connectivity index is 1.74. The van der Waals surface area contributed by atoms with Gasteiger partial charge < -0.3 is 10.6 Å². The molecule has 1 aliphatic heterocycles. The SMILES string of the molecule is CC(=O)NCc1cccc(CN2C(=O)N[C@]3(CCCC[C@H]3C)C2=O)c1. The highest BCUT2D eigenvalue weighted by atomic mass is 16.2.